The third-order valence-electron chi connectivity index (χ3n) is 4.60. The Bertz CT molecular complexity index is 470. The maximum atomic E-state index is 12.2. The molecule has 2 aliphatic rings. The summed E-state index contributed by atoms with van der Waals surface area (Å²) >= 11 is 0. The van der Waals surface area contributed by atoms with Gasteiger partial charge >= 0.3 is 6.09 Å². The molecule has 1 aliphatic carbocycles. The van der Waals surface area contributed by atoms with Crippen molar-refractivity contribution >= 4 is 6.09 Å². The molecule has 1 aromatic carbocycles. The zero-order chi connectivity index (χ0) is 14.0. The van der Waals surface area contributed by atoms with E-state index in [0.717, 1.165) is 18.4 Å². The first-order valence-corrected chi connectivity index (χ1v) is 7.31. The number of carbonyl (C=O) groups is 1. The van der Waals surface area contributed by atoms with Gasteiger partial charge in [0.25, 0.3) is 0 Å². The van der Waals surface area contributed by atoms with Crippen LogP contribution in [0.2, 0.25) is 0 Å². The van der Waals surface area contributed by atoms with Crippen LogP contribution in [0.3, 0.4) is 0 Å². The van der Waals surface area contributed by atoms with Crippen LogP contribution < -0.4 is 0 Å². The predicted octanol–water partition coefficient (Wildman–Crippen LogP) is 2.56. The second kappa shape index (κ2) is 5.44. The van der Waals surface area contributed by atoms with Gasteiger partial charge in [0.05, 0.1) is 12.6 Å². The van der Waals surface area contributed by atoms with Crippen molar-refractivity contribution in [2.45, 2.75) is 38.3 Å². The molecule has 4 heteroatoms. The maximum absolute atomic E-state index is 12.2. The van der Waals surface area contributed by atoms with Gasteiger partial charge in [-0.3, -0.25) is 0 Å². The summed E-state index contributed by atoms with van der Waals surface area (Å²) in [4.78, 5) is 13.9. The summed E-state index contributed by atoms with van der Waals surface area (Å²) in [5.74, 6) is 0. The van der Waals surface area contributed by atoms with E-state index in [1.807, 2.05) is 30.3 Å². The van der Waals surface area contributed by atoms with Crippen molar-refractivity contribution in [2.24, 2.45) is 5.41 Å². The van der Waals surface area contributed by atoms with Gasteiger partial charge < -0.3 is 14.7 Å². The highest BCUT2D eigenvalue weighted by atomic mass is 16.6. The molecule has 1 spiro atoms. The number of hydrogen-bond donors (Lipinski definition) is 1. The Labute approximate surface area is 119 Å². The summed E-state index contributed by atoms with van der Waals surface area (Å²) in [5, 5.41) is 9.51. The summed E-state index contributed by atoms with van der Waals surface area (Å²) < 4.78 is 5.36. The lowest BCUT2D eigenvalue weighted by atomic mass is 9.88. The Kier molecular flexibility index (Phi) is 3.66. The molecular formula is C16H21NO3. The summed E-state index contributed by atoms with van der Waals surface area (Å²) in [5.41, 5.74) is 1.40. The highest BCUT2D eigenvalue weighted by Gasteiger charge is 2.49. The smallest absolute Gasteiger partial charge is 0.410 e. The lowest BCUT2D eigenvalue weighted by Crippen LogP contribution is -2.48. The molecule has 1 amide bonds. The molecule has 20 heavy (non-hydrogen) atoms. The van der Waals surface area contributed by atoms with E-state index >= 15 is 0 Å². The lowest BCUT2D eigenvalue weighted by molar-refractivity contribution is 0.0332. The largest absolute Gasteiger partial charge is 0.445 e. The van der Waals surface area contributed by atoms with Gasteiger partial charge in [-0.2, -0.15) is 0 Å². The van der Waals surface area contributed by atoms with E-state index in [1.165, 1.54) is 12.8 Å². The summed E-state index contributed by atoms with van der Waals surface area (Å²) in [7, 11) is 0. The summed E-state index contributed by atoms with van der Waals surface area (Å²) in [6.07, 6.45) is 4.16. The molecule has 1 N–H and O–H groups in total. The number of ether oxygens (including phenoxy) is 1. The minimum atomic E-state index is -0.302. The number of nitrogens with zero attached hydrogens (tertiary/aromatic N) is 1. The van der Waals surface area contributed by atoms with E-state index in [4.69, 9.17) is 4.74 Å². The van der Waals surface area contributed by atoms with Gasteiger partial charge in [0.15, 0.2) is 0 Å². The molecule has 0 unspecified atom stereocenters. The number of likely N-dealkylation sites (tertiary alicyclic amines) is 1. The molecule has 1 aromatic rings. The van der Waals surface area contributed by atoms with Crippen LogP contribution in [0.15, 0.2) is 30.3 Å². The number of amides is 1. The number of rotatable bonds is 3. The van der Waals surface area contributed by atoms with Gasteiger partial charge in [-0.15, -0.1) is 0 Å². The van der Waals surface area contributed by atoms with Gasteiger partial charge in [0.2, 0.25) is 0 Å². The average Bonchev–Trinajstić information content (AvgIpc) is 3.25. The van der Waals surface area contributed by atoms with Crippen molar-refractivity contribution < 1.29 is 14.6 Å². The van der Waals surface area contributed by atoms with Crippen LogP contribution in [-0.4, -0.2) is 35.3 Å². The van der Waals surface area contributed by atoms with Crippen molar-refractivity contribution in [3.63, 3.8) is 0 Å². The minimum Gasteiger partial charge on any atom is -0.445 e. The normalized spacial score (nSPS) is 23.6. The first-order chi connectivity index (χ1) is 9.72. The fourth-order valence-corrected chi connectivity index (χ4v) is 3.09. The Balaban J connectivity index is 1.56. The van der Waals surface area contributed by atoms with Crippen LogP contribution in [0.1, 0.15) is 31.2 Å². The minimum absolute atomic E-state index is 0.0299. The average molecular weight is 275 g/mol. The Morgan fingerprint density at radius 1 is 1.30 bits per heavy atom. The fourth-order valence-electron chi connectivity index (χ4n) is 3.09. The van der Waals surface area contributed by atoms with Crippen molar-refractivity contribution in [3.05, 3.63) is 35.9 Å². The Morgan fingerprint density at radius 2 is 2.05 bits per heavy atom. The number of hydrogen-bond acceptors (Lipinski definition) is 3. The molecule has 4 nitrogen and oxygen atoms in total. The number of carbonyl (C=O) groups excluding carboxylic acids is 1. The SMILES string of the molecule is O=C(OCc1ccccc1)N1CCC2(CC2)C[C@H]1CO. The predicted molar refractivity (Wildman–Crippen MR) is 75.1 cm³/mol. The van der Waals surface area contributed by atoms with Crippen LogP contribution in [0, 0.1) is 5.41 Å². The lowest BCUT2D eigenvalue weighted by Gasteiger charge is -2.38. The van der Waals surface area contributed by atoms with E-state index in [1.54, 1.807) is 4.90 Å². The first kappa shape index (κ1) is 13.4. The first-order valence-electron chi connectivity index (χ1n) is 7.31. The van der Waals surface area contributed by atoms with Gasteiger partial charge in [-0.25, -0.2) is 4.79 Å². The number of piperidine rings is 1. The quantitative estimate of drug-likeness (QED) is 0.922. The second-order valence-corrected chi connectivity index (χ2v) is 6.02. The van der Waals surface area contributed by atoms with E-state index in [0.29, 0.717) is 18.6 Å². The van der Waals surface area contributed by atoms with Gasteiger partial charge in [0, 0.05) is 6.54 Å². The topological polar surface area (TPSA) is 49.8 Å². The van der Waals surface area contributed by atoms with E-state index < -0.39 is 0 Å². The monoisotopic (exact) mass is 275 g/mol. The Morgan fingerprint density at radius 3 is 2.70 bits per heavy atom. The fraction of sp³-hybridized carbons (Fsp3) is 0.562. The van der Waals surface area contributed by atoms with Crippen molar-refractivity contribution in [1.82, 2.24) is 4.90 Å². The molecule has 3 rings (SSSR count). The van der Waals surface area contributed by atoms with Crippen LogP contribution in [0.25, 0.3) is 0 Å². The second-order valence-electron chi connectivity index (χ2n) is 6.02. The molecule has 1 saturated carbocycles. The maximum Gasteiger partial charge on any atom is 0.410 e. The van der Waals surface area contributed by atoms with E-state index in [-0.39, 0.29) is 18.7 Å². The molecule has 108 valence electrons. The molecule has 1 aliphatic heterocycles. The molecule has 1 atom stereocenters. The van der Waals surface area contributed by atoms with E-state index in [9.17, 15) is 9.90 Å². The molecule has 0 bridgehead atoms. The molecule has 1 saturated heterocycles. The molecule has 0 aromatic heterocycles. The van der Waals surface area contributed by atoms with Crippen LogP contribution in [0.5, 0.6) is 0 Å². The third kappa shape index (κ3) is 2.80. The zero-order valence-corrected chi connectivity index (χ0v) is 11.6. The molecule has 1 heterocycles. The standard InChI is InChI=1S/C16H21NO3/c18-11-14-10-16(6-7-16)8-9-17(14)15(19)20-12-13-4-2-1-3-5-13/h1-5,14,18H,6-12H2/t14-/m0/s1. The van der Waals surface area contributed by atoms with Crippen molar-refractivity contribution in [1.29, 1.82) is 0 Å². The molecular weight excluding hydrogens is 254 g/mol. The number of aliphatic hydroxyl groups excluding tert-OH is 1. The molecule has 2 fully saturated rings. The van der Waals surface area contributed by atoms with Gasteiger partial charge in [-0.05, 0) is 36.7 Å². The van der Waals surface area contributed by atoms with Crippen LogP contribution >= 0.6 is 0 Å². The highest BCUT2D eigenvalue weighted by molar-refractivity contribution is 5.68. The highest BCUT2D eigenvalue weighted by Crippen LogP contribution is 2.55. The zero-order valence-electron chi connectivity index (χ0n) is 11.6. The van der Waals surface area contributed by atoms with Crippen LogP contribution in [0.4, 0.5) is 4.79 Å². The Hall–Kier alpha value is -1.55. The van der Waals surface area contributed by atoms with Crippen molar-refractivity contribution in [2.75, 3.05) is 13.2 Å². The van der Waals surface area contributed by atoms with Crippen molar-refractivity contribution in [3.8, 4) is 0 Å². The van der Waals surface area contributed by atoms with Gasteiger partial charge in [0.1, 0.15) is 6.61 Å². The summed E-state index contributed by atoms with van der Waals surface area (Å²) in [6.45, 7) is 1.03. The van der Waals surface area contributed by atoms with Crippen LogP contribution in [-0.2, 0) is 11.3 Å². The number of aliphatic hydroxyl groups is 1. The number of benzene rings is 1. The van der Waals surface area contributed by atoms with Gasteiger partial charge in [-0.1, -0.05) is 30.3 Å². The molecule has 0 radical (unpaired) electrons. The van der Waals surface area contributed by atoms with E-state index in [2.05, 4.69) is 0 Å². The third-order valence-corrected chi connectivity index (χ3v) is 4.60. The summed E-state index contributed by atoms with van der Waals surface area (Å²) in [6, 6.07) is 9.59.